The van der Waals surface area contributed by atoms with Crippen LogP contribution in [0.3, 0.4) is 0 Å². The predicted molar refractivity (Wildman–Crippen MR) is 57.6 cm³/mol. The number of nitrogens with zero attached hydrogens (tertiary/aromatic N) is 2. The van der Waals surface area contributed by atoms with Crippen molar-refractivity contribution >= 4 is 11.7 Å². The maximum atomic E-state index is 13.6. The Morgan fingerprint density at radius 3 is 2.71 bits per heavy atom. The van der Waals surface area contributed by atoms with Crippen LogP contribution in [-0.2, 0) is 4.79 Å². The zero-order valence-electron chi connectivity index (χ0n) is 8.99. The summed E-state index contributed by atoms with van der Waals surface area (Å²) in [6, 6.07) is 3.46. The van der Waals surface area contributed by atoms with Crippen molar-refractivity contribution in [3.8, 4) is 0 Å². The van der Waals surface area contributed by atoms with Crippen LogP contribution in [0, 0.1) is 11.6 Å². The van der Waals surface area contributed by atoms with Gasteiger partial charge in [-0.3, -0.25) is 14.7 Å². The van der Waals surface area contributed by atoms with Crippen LogP contribution in [0.4, 0.5) is 8.78 Å². The van der Waals surface area contributed by atoms with Crippen LogP contribution >= 0.6 is 0 Å². The van der Waals surface area contributed by atoms with Crippen molar-refractivity contribution in [3.63, 3.8) is 0 Å². The van der Waals surface area contributed by atoms with E-state index in [1.165, 1.54) is 17.0 Å². The summed E-state index contributed by atoms with van der Waals surface area (Å²) in [6.45, 7) is 0.0582. The van der Waals surface area contributed by atoms with E-state index in [1.807, 2.05) is 0 Å². The van der Waals surface area contributed by atoms with Crippen molar-refractivity contribution in [1.82, 2.24) is 4.90 Å². The molecule has 0 N–H and O–H groups in total. The van der Waals surface area contributed by atoms with Gasteiger partial charge in [-0.05, 0) is 25.0 Å². The Bertz CT molecular complexity index is 523. The van der Waals surface area contributed by atoms with Gasteiger partial charge in [0, 0.05) is 12.1 Å². The molecule has 0 radical (unpaired) electrons. The molecule has 2 aliphatic rings. The fourth-order valence-electron chi connectivity index (χ4n) is 2.01. The van der Waals surface area contributed by atoms with Gasteiger partial charge in [0.1, 0.15) is 24.0 Å². The number of hydrogen-bond donors (Lipinski definition) is 0. The van der Waals surface area contributed by atoms with Gasteiger partial charge in [-0.25, -0.2) is 8.78 Å². The van der Waals surface area contributed by atoms with Gasteiger partial charge in [0.2, 0.25) is 5.91 Å². The van der Waals surface area contributed by atoms with E-state index in [1.54, 1.807) is 0 Å². The first kappa shape index (κ1) is 10.4. The highest BCUT2D eigenvalue weighted by molar-refractivity contribution is 6.12. The Balaban J connectivity index is 2.00. The summed E-state index contributed by atoms with van der Waals surface area (Å²) >= 11 is 0. The standard InChI is InChI=1S/C12H10F2N2O/c13-7-1-4-9(10(14)5-7)12-15-6-11(17)16(12)8-2-3-8/h1,4-5,8H,2-3,6H2. The SMILES string of the molecule is O=C1CN=C(c2ccc(F)cc2F)N1C1CC1. The predicted octanol–water partition coefficient (Wildman–Crippen LogP) is 1.72. The van der Waals surface area contributed by atoms with E-state index in [9.17, 15) is 13.6 Å². The van der Waals surface area contributed by atoms with Crippen LogP contribution in [0.2, 0.25) is 0 Å². The minimum atomic E-state index is -0.677. The first-order chi connectivity index (χ1) is 8.16. The maximum Gasteiger partial charge on any atom is 0.250 e. The molecule has 0 aromatic heterocycles. The molecule has 1 aromatic rings. The second kappa shape index (κ2) is 3.61. The van der Waals surface area contributed by atoms with Crippen molar-refractivity contribution in [1.29, 1.82) is 0 Å². The first-order valence-corrected chi connectivity index (χ1v) is 5.49. The molecule has 88 valence electrons. The number of rotatable bonds is 2. The van der Waals surface area contributed by atoms with Gasteiger partial charge in [0.05, 0.1) is 5.56 Å². The van der Waals surface area contributed by atoms with E-state index < -0.39 is 11.6 Å². The molecule has 1 saturated carbocycles. The molecule has 1 fully saturated rings. The summed E-state index contributed by atoms with van der Waals surface area (Å²) in [7, 11) is 0. The molecule has 1 aliphatic carbocycles. The van der Waals surface area contributed by atoms with E-state index in [0.717, 1.165) is 18.9 Å². The number of amides is 1. The summed E-state index contributed by atoms with van der Waals surface area (Å²) in [5, 5.41) is 0. The topological polar surface area (TPSA) is 32.7 Å². The summed E-state index contributed by atoms with van der Waals surface area (Å²) in [5.41, 5.74) is 0.198. The lowest BCUT2D eigenvalue weighted by atomic mass is 10.1. The Labute approximate surface area is 96.8 Å². The zero-order chi connectivity index (χ0) is 12.0. The molecule has 17 heavy (non-hydrogen) atoms. The average Bonchev–Trinajstić information content (AvgIpc) is 3.03. The van der Waals surface area contributed by atoms with Crippen LogP contribution in [0.25, 0.3) is 0 Å². The zero-order valence-corrected chi connectivity index (χ0v) is 8.99. The lowest BCUT2D eigenvalue weighted by Crippen LogP contribution is -2.35. The van der Waals surface area contributed by atoms with Gasteiger partial charge in [-0.2, -0.15) is 0 Å². The Hall–Kier alpha value is -1.78. The number of aliphatic imine (C=N–C) groups is 1. The highest BCUT2D eigenvalue weighted by Crippen LogP contribution is 2.31. The van der Waals surface area contributed by atoms with Gasteiger partial charge in [0.15, 0.2) is 0 Å². The van der Waals surface area contributed by atoms with Gasteiger partial charge in [-0.1, -0.05) is 0 Å². The number of benzene rings is 1. The third-order valence-corrected chi connectivity index (χ3v) is 2.95. The van der Waals surface area contributed by atoms with Crippen LogP contribution < -0.4 is 0 Å². The molecule has 1 aliphatic heterocycles. The van der Waals surface area contributed by atoms with E-state index in [4.69, 9.17) is 0 Å². The number of halogens is 2. The molecule has 5 heteroatoms. The van der Waals surface area contributed by atoms with Crippen LogP contribution in [-0.4, -0.2) is 29.2 Å². The van der Waals surface area contributed by atoms with Gasteiger partial charge < -0.3 is 0 Å². The van der Waals surface area contributed by atoms with Crippen molar-refractivity contribution in [2.45, 2.75) is 18.9 Å². The molecule has 0 unspecified atom stereocenters. The summed E-state index contributed by atoms with van der Waals surface area (Å²) in [6.07, 6.45) is 1.85. The fourth-order valence-corrected chi connectivity index (χ4v) is 2.01. The van der Waals surface area contributed by atoms with Crippen molar-refractivity contribution in [2.75, 3.05) is 6.54 Å². The summed E-state index contributed by atoms with van der Waals surface area (Å²) in [4.78, 5) is 17.2. The third-order valence-electron chi connectivity index (χ3n) is 2.95. The maximum absolute atomic E-state index is 13.6. The molecule has 0 atom stereocenters. The number of carbonyl (C=O) groups is 1. The monoisotopic (exact) mass is 236 g/mol. The Kier molecular flexibility index (Phi) is 2.21. The smallest absolute Gasteiger partial charge is 0.250 e. The second-order valence-corrected chi connectivity index (χ2v) is 4.26. The van der Waals surface area contributed by atoms with Crippen LogP contribution in [0.1, 0.15) is 18.4 Å². The average molecular weight is 236 g/mol. The van der Waals surface area contributed by atoms with Crippen LogP contribution in [0.5, 0.6) is 0 Å². The van der Waals surface area contributed by atoms with E-state index in [-0.39, 0.29) is 24.1 Å². The lowest BCUT2D eigenvalue weighted by molar-refractivity contribution is -0.125. The van der Waals surface area contributed by atoms with Crippen molar-refractivity contribution in [3.05, 3.63) is 35.4 Å². The first-order valence-electron chi connectivity index (χ1n) is 5.49. The highest BCUT2D eigenvalue weighted by Gasteiger charge is 2.39. The highest BCUT2D eigenvalue weighted by atomic mass is 19.1. The molecule has 0 saturated heterocycles. The normalized spacial score (nSPS) is 19.8. The quantitative estimate of drug-likeness (QED) is 0.769. The molecule has 1 aromatic carbocycles. The molecule has 1 amide bonds. The molecule has 3 nitrogen and oxygen atoms in total. The van der Waals surface area contributed by atoms with Gasteiger partial charge >= 0.3 is 0 Å². The minimum Gasteiger partial charge on any atom is -0.292 e. The van der Waals surface area contributed by atoms with Crippen LogP contribution in [0.15, 0.2) is 23.2 Å². The molecule has 0 bridgehead atoms. The molecular weight excluding hydrogens is 226 g/mol. The Morgan fingerprint density at radius 2 is 2.06 bits per heavy atom. The van der Waals surface area contributed by atoms with E-state index >= 15 is 0 Å². The second-order valence-electron chi connectivity index (χ2n) is 4.26. The largest absolute Gasteiger partial charge is 0.292 e. The number of carbonyl (C=O) groups excluding carboxylic acids is 1. The molecular formula is C12H10F2N2O. The minimum absolute atomic E-state index is 0.0582. The van der Waals surface area contributed by atoms with Crippen molar-refractivity contribution in [2.24, 2.45) is 4.99 Å². The molecule has 1 heterocycles. The van der Waals surface area contributed by atoms with Gasteiger partial charge in [0.25, 0.3) is 0 Å². The number of amidine groups is 1. The summed E-state index contributed by atoms with van der Waals surface area (Å²) < 4.78 is 26.4. The number of hydrogen-bond acceptors (Lipinski definition) is 2. The van der Waals surface area contributed by atoms with E-state index in [2.05, 4.69) is 4.99 Å². The van der Waals surface area contributed by atoms with Crippen molar-refractivity contribution < 1.29 is 13.6 Å². The van der Waals surface area contributed by atoms with Gasteiger partial charge in [-0.15, -0.1) is 0 Å². The molecule has 3 rings (SSSR count). The summed E-state index contributed by atoms with van der Waals surface area (Å²) in [5.74, 6) is -1.07. The van der Waals surface area contributed by atoms with E-state index in [0.29, 0.717) is 5.84 Å². The Morgan fingerprint density at radius 1 is 1.29 bits per heavy atom. The lowest BCUT2D eigenvalue weighted by Gasteiger charge is -2.18. The fraction of sp³-hybridized carbons (Fsp3) is 0.333. The molecule has 0 spiro atoms. The third kappa shape index (κ3) is 1.71.